The lowest BCUT2D eigenvalue weighted by molar-refractivity contribution is -0.385. The Morgan fingerprint density at radius 3 is 1.85 bits per heavy atom. The van der Waals surface area contributed by atoms with Crippen LogP contribution in [-0.4, -0.2) is 29.4 Å². The number of aryl methyl sites for hydroxylation is 3. The van der Waals surface area contributed by atoms with Crippen molar-refractivity contribution in [3.8, 4) is 0 Å². The van der Waals surface area contributed by atoms with Gasteiger partial charge in [-0.15, -0.1) is 0 Å². The second-order valence-electron chi connectivity index (χ2n) is 4.03. The Morgan fingerprint density at radius 2 is 1.65 bits per heavy atom. The average molecular weight is 282 g/mol. The van der Waals surface area contributed by atoms with Crippen LogP contribution in [0.25, 0.3) is 0 Å². The zero-order chi connectivity index (χ0) is 15.4. The van der Waals surface area contributed by atoms with E-state index in [1.54, 1.807) is 27.9 Å². The quantitative estimate of drug-likeness (QED) is 0.603. The smallest absolute Gasteiger partial charge is 0.268 e. The molecule has 0 unspecified atom stereocenters. The lowest BCUT2D eigenvalue weighted by Gasteiger charge is -1.89. The van der Waals surface area contributed by atoms with Crippen molar-refractivity contribution in [3.63, 3.8) is 0 Å². The molecule has 20 heavy (non-hydrogen) atoms. The van der Waals surface area contributed by atoms with Crippen LogP contribution in [-0.2, 0) is 14.1 Å². The lowest BCUT2D eigenvalue weighted by atomic mass is 10.4. The van der Waals surface area contributed by atoms with E-state index in [0.717, 1.165) is 0 Å². The van der Waals surface area contributed by atoms with Gasteiger partial charge in [-0.3, -0.25) is 29.6 Å². The van der Waals surface area contributed by atoms with Crippen LogP contribution in [0.1, 0.15) is 11.4 Å². The fourth-order valence-electron chi connectivity index (χ4n) is 1.43. The van der Waals surface area contributed by atoms with Crippen LogP contribution in [0.4, 0.5) is 11.4 Å². The molecule has 0 fully saturated rings. The maximum atomic E-state index is 10.2. The van der Waals surface area contributed by atoms with Crippen molar-refractivity contribution in [2.24, 2.45) is 14.1 Å². The molecule has 0 aliphatic rings. The highest BCUT2D eigenvalue weighted by molar-refractivity contribution is 5.31. The number of rotatable bonds is 2. The summed E-state index contributed by atoms with van der Waals surface area (Å²) in [6.45, 7) is 3.27. The molecule has 2 heterocycles. The summed E-state index contributed by atoms with van der Waals surface area (Å²) in [5.74, 6) is 0. The van der Waals surface area contributed by atoms with E-state index >= 15 is 0 Å². The zero-order valence-corrected chi connectivity index (χ0v) is 11.5. The van der Waals surface area contributed by atoms with Gasteiger partial charge in [0.1, 0.15) is 23.8 Å². The Kier molecular flexibility index (Phi) is 4.51. The SMILES string of the molecule is Cc1c([N+](=O)[O-])cnn1C.Cc1nn(C)cc1[N+](=O)[O-]. The van der Waals surface area contributed by atoms with Gasteiger partial charge in [-0.25, -0.2) is 0 Å². The van der Waals surface area contributed by atoms with Gasteiger partial charge >= 0.3 is 11.4 Å². The third-order valence-electron chi connectivity index (χ3n) is 2.59. The van der Waals surface area contributed by atoms with Gasteiger partial charge in [0.15, 0.2) is 0 Å². The molecule has 2 rings (SSSR count). The van der Waals surface area contributed by atoms with Crippen LogP contribution in [0.15, 0.2) is 12.4 Å². The van der Waals surface area contributed by atoms with Crippen LogP contribution in [0, 0.1) is 34.1 Å². The van der Waals surface area contributed by atoms with Crippen LogP contribution in [0.2, 0.25) is 0 Å². The van der Waals surface area contributed by atoms with E-state index in [9.17, 15) is 20.2 Å². The predicted molar refractivity (Wildman–Crippen MR) is 69.2 cm³/mol. The number of nitrogens with zero attached hydrogens (tertiary/aromatic N) is 6. The molecule has 2 aromatic rings. The number of aromatic nitrogens is 4. The molecule has 108 valence electrons. The number of hydrogen-bond donors (Lipinski definition) is 0. The minimum absolute atomic E-state index is 0.0718. The van der Waals surface area contributed by atoms with E-state index in [2.05, 4.69) is 10.2 Å². The molecule has 0 aliphatic carbocycles. The van der Waals surface area contributed by atoms with E-state index in [-0.39, 0.29) is 11.4 Å². The van der Waals surface area contributed by atoms with Gasteiger partial charge in [0.2, 0.25) is 0 Å². The summed E-state index contributed by atoms with van der Waals surface area (Å²) in [6, 6.07) is 0. The van der Waals surface area contributed by atoms with E-state index < -0.39 is 9.85 Å². The third kappa shape index (κ3) is 3.37. The van der Waals surface area contributed by atoms with Gasteiger partial charge in [-0.1, -0.05) is 0 Å². The van der Waals surface area contributed by atoms with Crippen molar-refractivity contribution in [1.29, 1.82) is 0 Å². The highest BCUT2D eigenvalue weighted by Crippen LogP contribution is 2.14. The second kappa shape index (κ2) is 5.91. The van der Waals surface area contributed by atoms with Crippen LogP contribution < -0.4 is 0 Å². The summed E-state index contributed by atoms with van der Waals surface area (Å²) < 4.78 is 2.89. The van der Waals surface area contributed by atoms with Crippen molar-refractivity contribution in [2.75, 3.05) is 0 Å². The summed E-state index contributed by atoms with van der Waals surface area (Å²) in [5.41, 5.74) is 1.17. The van der Waals surface area contributed by atoms with Crippen LogP contribution >= 0.6 is 0 Å². The summed E-state index contributed by atoms with van der Waals surface area (Å²) in [7, 11) is 3.32. The highest BCUT2D eigenvalue weighted by atomic mass is 16.6. The Labute approximate surface area is 113 Å². The van der Waals surface area contributed by atoms with Crippen molar-refractivity contribution >= 4 is 11.4 Å². The van der Waals surface area contributed by atoms with E-state index in [1.807, 2.05) is 0 Å². The molecule has 2 aromatic heterocycles. The average Bonchev–Trinajstić information content (AvgIpc) is 2.84. The first kappa shape index (κ1) is 15.3. The first-order valence-corrected chi connectivity index (χ1v) is 5.51. The van der Waals surface area contributed by atoms with Gasteiger partial charge in [-0.2, -0.15) is 10.2 Å². The molecule has 0 aromatic carbocycles. The zero-order valence-electron chi connectivity index (χ0n) is 11.5. The van der Waals surface area contributed by atoms with Crippen molar-refractivity contribution in [2.45, 2.75) is 13.8 Å². The first-order valence-electron chi connectivity index (χ1n) is 5.51. The molecule has 0 bridgehead atoms. The Bertz CT molecular complexity index is 632. The molecule has 10 heteroatoms. The van der Waals surface area contributed by atoms with Crippen LogP contribution in [0.3, 0.4) is 0 Å². The molecule has 0 atom stereocenters. The van der Waals surface area contributed by atoms with E-state index in [0.29, 0.717) is 11.4 Å². The number of nitro groups is 2. The third-order valence-corrected chi connectivity index (χ3v) is 2.59. The Hall–Kier alpha value is -2.78. The van der Waals surface area contributed by atoms with Gasteiger partial charge in [0.05, 0.1) is 9.85 Å². The lowest BCUT2D eigenvalue weighted by Crippen LogP contribution is -1.94. The standard InChI is InChI=1S/2C5H7N3O2/c1-4-5(8(9)10)3-7(2)6-4;1-4-5(8(9)10)3-6-7(4)2/h2*3H,1-2H3. The second-order valence-corrected chi connectivity index (χ2v) is 4.03. The monoisotopic (exact) mass is 282 g/mol. The molecular formula is C10H14N6O4. The molecule has 0 spiro atoms. The van der Waals surface area contributed by atoms with E-state index in [1.165, 1.54) is 21.8 Å². The molecule has 0 N–H and O–H groups in total. The largest absolute Gasteiger partial charge is 0.309 e. The minimum atomic E-state index is -0.442. The highest BCUT2D eigenvalue weighted by Gasteiger charge is 2.13. The first-order chi connectivity index (χ1) is 9.23. The predicted octanol–water partition coefficient (Wildman–Crippen LogP) is 1.27. The molecule has 0 amide bonds. The Balaban J connectivity index is 0.000000200. The molecule has 10 nitrogen and oxygen atoms in total. The maximum absolute atomic E-state index is 10.2. The minimum Gasteiger partial charge on any atom is -0.268 e. The number of hydrogen-bond acceptors (Lipinski definition) is 6. The summed E-state index contributed by atoms with van der Waals surface area (Å²) in [5, 5.41) is 27.9. The fraction of sp³-hybridized carbons (Fsp3) is 0.400. The van der Waals surface area contributed by atoms with Gasteiger partial charge < -0.3 is 0 Å². The van der Waals surface area contributed by atoms with Crippen LogP contribution in [0.5, 0.6) is 0 Å². The molecule has 0 aliphatic heterocycles. The van der Waals surface area contributed by atoms with Gasteiger partial charge in [-0.05, 0) is 13.8 Å². The fourth-order valence-corrected chi connectivity index (χ4v) is 1.43. The molecule has 0 saturated carbocycles. The van der Waals surface area contributed by atoms with Crippen molar-refractivity contribution in [3.05, 3.63) is 44.0 Å². The topological polar surface area (TPSA) is 122 Å². The van der Waals surface area contributed by atoms with Gasteiger partial charge in [0.25, 0.3) is 0 Å². The maximum Gasteiger partial charge on any atom is 0.309 e. The van der Waals surface area contributed by atoms with Crippen molar-refractivity contribution in [1.82, 2.24) is 19.6 Å². The summed E-state index contributed by atoms with van der Waals surface area (Å²) in [4.78, 5) is 19.5. The Morgan fingerprint density at radius 1 is 1.10 bits per heavy atom. The summed E-state index contributed by atoms with van der Waals surface area (Å²) in [6.07, 6.45) is 2.63. The molecule has 0 radical (unpaired) electrons. The molecular weight excluding hydrogens is 268 g/mol. The van der Waals surface area contributed by atoms with Gasteiger partial charge in [0, 0.05) is 14.1 Å². The normalized spacial score (nSPS) is 9.80. The molecule has 0 saturated heterocycles. The van der Waals surface area contributed by atoms with Crippen molar-refractivity contribution < 1.29 is 9.85 Å². The summed E-state index contributed by atoms with van der Waals surface area (Å²) >= 11 is 0. The van der Waals surface area contributed by atoms with E-state index in [4.69, 9.17) is 0 Å².